The lowest BCUT2D eigenvalue weighted by atomic mass is 10.1. The molecule has 0 radical (unpaired) electrons. The number of hydrogen-bond donors (Lipinski definition) is 2. The van der Waals surface area contributed by atoms with Gasteiger partial charge in [0.15, 0.2) is 0 Å². The molecule has 0 atom stereocenters. The Morgan fingerprint density at radius 2 is 2.09 bits per heavy atom. The van der Waals surface area contributed by atoms with Gasteiger partial charge in [-0.15, -0.1) is 0 Å². The van der Waals surface area contributed by atoms with Crippen LogP contribution in [0.2, 0.25) is 0 Å². The highest BCUT2D eigenvalue weighted by atomic mass is 16.3. The average molecular weight is 154 g/mol. The lowest BCUT2D eigenvalue weighted by Gasteiger charge is -1.96. The summed E-state index contributed by atoms with van der Waals surface area (Å²) in [5.41, 5.74) is 3.03. The van der Waals surface area contributed by atoms with Crippen LogP contribution in [0.25, 0.3) is 0 Å². The molecule has 0 aliphatic carbocycles. The van der Waals surface area contributed by atoms with Crippen molar-refractivity contribution in [3.8, 4) is 0 Å². The Hall–Kier alpha value is -0.830. The molecule has 0 aromatic carbocycles. The zero-order chi connectivity index (χ0) is 8.27. The molecule has 62 valence electrons. The highest BCUT2D eigenvalue weighted by Crippen LogP contribution is 2.11. The Labute approximate surface area is 66.4 Å². The molecule has 1 aromatic rings. The van der Waals surface area contributed by atoms with E-state index in [9.17, 15) is 0 Å². The molecule has 1 heterocycles. The molecule has 1 rings (SSSR count). The molecule has 1 aromatic heterocycles. The van der Waals surface area contributed by atoms with E-state index in [2.05, 4.69) is 10.2 Å². The first kappa shape index (κ1) is 8.27. The molecule has 0 bridgehead atoms. The number of hydrogen-bond acceptors (Lipinski definition) is 2. The average Bonchev–Trinajstić information content (AvgIpc) is 2.45. The van der Waals surface area contributed by atoms with Gasteiger partial charge in [0, 0.05) is 11.3 Å². The lowest BCUT2D eigenvalue weighted by molar-refractivity contribution is 0.279. The molecule has 0 aliphatic heterocycles. The lowest BCUT2D eigenvalue weighted by Crippen LogP contribution is -1.92. The number of aromatic nitrogens is 2. The van der Waals surface area contributed by atoms with Crippen molar-refractivity contribution in [1.29, 1.82) is 0 Å². The molecule has 0 saturated heterocycles. The summed E-state index contributed by atoms with van der Waals surface area (Å²) in [6.45, 7) is 4.18. The van der Waals surface area contributed by atoms with Gasteiger partial charge in [-0.3, -0.25) is 5.10 Å². The second kappa shape index (κ2) is 3.53. The third-order valence-corrected chi connectivity index (χ3v) is 1.89. The standard InChI is InChI=1S/C8H14N2O/c1-3-7-6(5-11)8(4-2)10-9-7/h11H,3-5H2,1-2H3,(H,9,10). The largest absolute Gasteiger partial charge is 0.392 e. The summed E-state index contributed by atoms with van der Waals surface area (Å²) >= 11 is 0. The molecule has 0 fully saturated rings. The van der Waals surface area contributed by atoms with Gasteiger partial charge in [-0.1, -0.05) is 13.8 Å². The minimum atomic E-state index is 0.100. The minimum absolute atomic E-state index is 0.100. The van der Waals surface area contributed by atoms with Crippen LogP contribution < -0.4 is 0 Å². The first-order valence-corrected chi connectivity index (χ1v) is 3.99. The fourth-order valence-electron chi connectivity index (χ4n) is 1.22. The Kier molecular flexibility index (Phi) is 2.65. The van der Waals surface area contributed by atoms with E-state index in [1.807, 2.05) is 13.8 Å². The molecule has 0 saturated carbocycles. The second-order valence-electron chi connectivity index (χ2n) is 2.49. The molecule has 0 unspecified atom stereocenters. The van der Waals surface area contributed by atoms with Crippen molar-refractivity contribution in [2.75, 3.05) is 0 Å². The summed E-state index contributed by atoms with van der Waals surface area (Å²) in [6.07, 6.45) is 1.79. The summed E-state index contributed by atoms with van der Waals surface area (Å²) in [6, 6.07) is 0. The van der Waals surface area contributed by atoms with Crippen LogP contribution in [0.5, 0.6) is 0 Å². The van der Waals surface area contributed by atoms with Crippen LogP contribution in [0, 0.1) is 0 Å². The Balaban J connectivity index is 2.99. The van der Waals surface area contributed by atoms with E-state index in [0.717, 1.165) is 29.8 Å². The van der Waals surface area contributed by atoms with Crippen LogP contribution in [0.1, 0.15) is 30.8 Å². The van der Waals surface area contributed by atoms with Crippen molar-refractivity contribution in [1.82, 2.24) is 10.2 Å². The van der Waals surface area contributed by atoms with Crippen molar-refractivity contribution in [2.24, 2.45) is 0 Å². The van der Waals surface area contributed by atoms with Gasteiger partial charge in [-0.05, 0) is 12.8 Å². The van der Waals surface area contributed by atoms with E-state index in [0.29, 0.717) is 0 Å². The number of rotatable bonds is 3. The van der Waals surface area contributed by atoms with Gasteiger partial charge in [-0.2, -0.15) is 5.10 Å². The highest BCUT2D eigenvalue weighted by molar-refractivity contribution is 5.24. The third-order valence-electron chi connectivity index (χ3n) is 1.89. The number of aromatic amines is 1. The molecule has 0 amide bonds. The SMILES string of the molecule is CCc1n[nH]c(CC)c1CO. The summed E-state index contributed by atoms with van der Waals surface area (Å²) in [4.78, 5) is 0. The quantitative estimate of drug-likeness (QED) is 0.683. The predicted octanol–water partition coefficient (Wildman–Crippen LogP) is 1.03. The van der Waals surface area contributed by atoms with Crippen LogP contribution in [0.3, 0.4) is 0 Å². The summed E-state index contributed by atoms with van der Waals surface area (Å²) < 4.78 is 0. The Morgan fingerprint density at radius 1 is 1.36 bits per heavy atom. The van der Waals surface area contributed by atoms with Crippen molar-refractivity contribution >= 4 is 0 Å². The second-order valence-corrected chi connectivity index (χ2v) is 2.49. The van der Waals surface area contributed by atoms with E-state index in [1.54, 1.807) is 0 Å². The molecule has 11 heavy (non-hydrogen) atoms. The fourth-order valence-corrected chi connectivity index (χ4v) is 1.22. The maximum Gasteiger partial charge on any atom is 0.0718 e. The number of aryl methyl sites for hydroxylation is 2. The first-order valence-electron chi connectivity index (χ1n) is 3.99. The molecule has 0 aliphatic rings. The van der Waals surface area contributed by atoms with Gasteiger partial charge in [-0.25, -0.2) is 0 Å². The molecule has 3 heteroatoms. The van der Waals surface area contributed by atoms with Crippen molar-refractivity contribution in [2.45, 2.75) is 33.3 Å². The van der Waals surface area contributed by atoms with Crippen LogP contribution in [0.15, 0.2) is 0 Å². The number of nitrogens with zero attached hydrogens (tertiary/aromatic N) is 1. The van der Waals surface area contributed by atoms with Crippen LogP contribution in [-0.4, -0.2) is 15.3 Å². The normalized spacial score (nSPS) is 10.5. The highest BCUT2D eigenvalue weighted by Gasteiger charge is 2.07. The van der Waals surface area contributed by atoms with Crippen LogP contribution >= 0.6 is 0 Å². The Morgan fingerprint density at radius 3 is 2.55 bits per heavy atom. The van der Waals surface area contributed by atoms with Gasteiger partial charge in [0.2, 0.25) is 0 Å². The van der Waals surface area contributed by atoms with Crippen LogP contribution in [0.4, 0.5) is 0 Å². The number of H-pyrrole nitrogens is 1. The summed E-state index contributed by atoms with van der Waals surface area (Å²) in [5, 5.41) is 16.0. The van der Waals surface area contributed by atoms with E-state index < -0.39 is 0 Å². The molecular formula is C8H14N2O. The Bertz CT molecular complexity index is 208. The summed E-state index contributed by atoms with van der Waals surface area (Å²) in [7, 11) is 0. The first-order chi connectivity index (χ1) is 5.33. The van der Waals surface area contributed by atoms with E-state index in [4.69, 9.17) is 5.11 Å². The zero-order valence-corrected chi connectivity index (χ0v) is 7.02. The van der Waals surface area contributed by atoms with Gasteiger partial charge < -0.3 is 5.11 Å². The van der Waals surface area contributed by atoms with Gasteiger partial charge in [0.1, 0.15) is 0 Å². The number of nitrogens with one attached hydrogen (secondary N) is 1. The molecule has 0 spiro atoms. The van der Waals surface area contributed by atoms with Crippen molar-refractivity contribution < 1.29 is 5.11 Å². The van der Waals surface area contributed by atoms with Gasteiger partial charge in [0.05, 0.1) is 12.3 Å². The molecule has 2 N–H and O–H groups in total. The third kappa shape index (κ3) is 1.43. The van der Waals surface area contributed by atoms with Crippen molar-refractivity contribution in [3.63, 3.8) is 0 Å². The summed E-state index contributed by atoms with van der Waals surface area (Å²) in [5.74, 6) is 0. The van der Waals surface area contributed by atoms with Gasteiger partial charge >= 0.3 is 0 Å². The fraction of sp³-hybridized carbons (Fsp3) is 0.625. The maximum absolute atomic E-state index is 8.99. The predicted molar refractivity (Wildman–Crippen MR) is 43.3 cm³/mol. The van der Waals surface area contributed by atoms with Crippen LogP contribution in [-0.2, 0) is 19.4 Å². The number of aliphatic hydroxyl groups excluding tert-OH is 1. The topological polar surface area (TPSA) is 48.9 Å². The van der Waals surface area contributed by atoms with E-state index in [-0.39, 0.29) is 6.61 Å². The minimum Gasteiger partial charge on any atom is -0.392 e. The monoisotopic (exact) mass is 154 g/mol. The van der Waals surface area contributed by atoms with E-state index >= 15 is 0 Å². The van der Waals surface area contributed by atoms with Gasteiger partial charge in [0.25, 0.3) is 0 Å². The smallest absolute Gasteiger partial charge is 0.0718 e. The molecule has 3 nitrogen and oxygen atoms in total. The maximum atomic E-state index is 8.99. The molecular weight excluding hydrogens is 140 g/mol. The number of aliphatic hydroxyl groups is 1. The van der Waals surface area contributed by atoms with Crippen molar-refractivity contribution in [3.05, 3.63) is 17.0 Å². The van der Waals surface area contributed by atoms with E-state index in [1.165, 1.54) is 0 Å². The zero-order valence-electron chi connectivity index (χ0n) is 7.02.